The van der Waals surface area contributed by atoms with Gasteiger partial charge in [0, 0.05) is 12.4 Å². The maximum absolute atomic E-state index is 10.7. The third kappa shape index (κ3) is 1.86. The quantitative estimate of drug-likeness (QED) is 0.347. The van der Waals surface area contributed by atoms with Gasteiger partial charge in [-0.3, -0.25) is 10.2 Å². The molecule has 1 aromatic heterocycles. The number of amides is 1. The van der Waals surface area contributed by atoms with E-state index < -0.39 is 5.91 Å². The van der Waals surface area contributed by atoms with Gasteiger partial charge in [0.25, 0.3) is 0 Å². The number of aromatic nitrogens is 2. The van der Waals surface area contributed by atoms with Crippen molar-refractivity contribution < 1.29 is 4.79 Å². The number of rotatable bonds is 1. The lowest BCUT2D eigenvalue weighted by Gasteiger charge is -1.95. The van der Waals surface area contributed by atoms with Crippen LogP contribution in [0.1, 0.15) is 10.6 Å². The van der Waals surface area contributed by atoms with E-state index in [9.17, 15) is 4.79 Å². The van der Waals surface area contributed by atoms with Crippen molar-refractivity contribution in [2.75, 3.05) is 0 Å². The molecule has 0 aliphatic heterocycles. The fourth-order valence-corrected chi connectivity index (χ4v) is 0.592. The molecule has 0 atom stereocenters. The molecule has 6 heteroatoms. The third-order valence-electron chi connectivity index (χ3n) is 0.955. The van der Waals surface area contributed by atoms with Gasteiger partial charge in [-0.05, 0) is 0 Å². The monoisotopic (exact) mass is 172 g/mol. The zero-order chi connectivity index (χ0) is 8.27. The summed E-state index contributed by atoms with van der Waals surface area (Å²) in [5.74, 6) is 4.29. The Morgan fingerprint density at radius 3 is 2.55 bits per heavy atom. The zero-order valence-corrected chi connectivity index (χ0v) is 6.17. The van der Waals surface area contributed by atoms with E-state index in [1.165, 1.54) is 12.4 Å². The fraction of sp³-hybridized carbons (Fsp3) is 0. The number of nitrogens with two attached hydrogens (primary N) is 1. The van der Waals surface area contributed by atoms with Crippen molar-refractivity contribution in [3.63, 3.8) is 0 Å². The van der Waals surface area contributed by atoms with Crippen LogP contribution >= 0.6 is 11.6 Å². The van der Waals surface area contributed by atoms with Gasteiger partial charge in [-0.25, -0.2) is 15.8 Å². The van der Waals surface area contributed by atoms with E-state index >= 15 is 0 Å². The van der Waals surface area contributed by atoms with E-state index in [2.05, 4.69) is 9.97 Å². The first-order chi connectivity index (χ1) is 5.24. The number of nitrogen functional groups attached to an aromatic ring is 1. The topological polar surface area (TPSA) is 80.9 Å². The lowest BCUT2D eigenvalue weighted by Crippen LogP contribution is -2.31. The average Bonchev–Trinajstić information content (AvgIpc) is 2.05. The normalized spacial score (nSPS) is 9.27. The van der Waals surface area contributed by atoms with E-state index in [4.69, 9.17) is 17.4 Å². The highest BCUT2D eigenvalue weighted by molar-refractivity contribution is 6.30. The summed E-state index contributed by atoms with van der Waals surface area (Å²) in [6.07, 6.45) is 2.64. The standard InChI is InChI=1S/C5H5ClN4O/c6-3-1-8-4(9-2-3)5(11)10-7/h1-2H,7H2,(H,10,11). The summed E-state index contributed by atoms with van der Waals surface area (Å²) in [4.78, 5) is 17.9. The number of nitrogens with zero attached hydrogens (tertiary/aromatic N) is 2. The van der Waals surface area contributed by atoms with Crippen LogP contribution in [-0.4, -0.2) is 15.9 Å². The molecule has 0 unspecified atom stereocenters. The molecule has 1 aromatic rings. The molecule has 0 radical (unpaired) electrons. The summed E-state index contributed by atoms with van der Waals surface area (Å²) in [6.45, 7) is 0. The molecule has 0 aliphatic carbocycles. The van der Waals surface area contributed by atoms with Crippen LogP contribution in [-0.2, 0) is 0 Å². The molecule has 0 saturated carbocycles. The average molecular weight is 173 g/mol. The maximum atomic E-state index is 10.7. The largest absolute Gasteiger partial charge is 0.302 e. The number of hydrogen-bond donors (Lipinski definition) is 2. The van der Waals surface area contributed by atoms with E-state index in [-0.39, 0.29) is 5.82 Å². The van der Waals surface area contributed by atoms with E-state index in [1.54, 1.807) is 0 Å². The Labute approximate surface area is 67.6 Å². The molecule has 5 nitrogen and oxygen atoms in total. The van der Waals surface area contributed by atoms with Crippen molar-refractivity contribution in [1.82, 2.24) is 15.4 Å². The van der Waals surface area contributed by atoms with Crippen molar-refractivity contribution in [2.45, 2.75) is 0 Å². The van der Waals surface area contributed by atoms with Gasteiger partial charge in [-0.1, -0.05) is 11.6 Å². The predicted molar refractivity (Wildman–Crippen MR) is 38.7 cm³/mol. The van der Waals surface area contributed by atoms with Gasteiger partial charge < -0.3 is 0 Å². The number of carbonyl (C=O) groups excluding carboxylic acids is 1. The van der Waals surface area contributed by atoms with E-state index in [0.29, 0.717) is 5.02 Å². The van der Waals surface area contributed by atoms with Crippen molar-refractivity contribution in [1.29, 1.82) is 0 Å². The van der Waals surface area contributed by atoms with Crippen molar-refractivity contribution in [3.8, 4) is 0 Å². The second-order valence-electron chi connectivity index (χ2n) is 1.70. The minimum atomic E-state index is -0.540. The summed E-state index contributed by atoms with van der Waals surface area (Å²) in [5, 5.41) is 0.374. The lowest BCUT2D eigenvalue weighted by atomic mass is 10.5. The molecule has 0 aliphatic rings. The Balaban J connectivity index is 2.90. The van der Waals surface area contributed by atoms with Crippen molar-refractivity contribution >= 4 is 17.5 Å². The van der Waals surface area contributed by atoms with Gasteiger partial charge in [0.1, 0.15) is 0 Å². The van der Waals surface area contributed by atoms with Crippen molar-refractivity contribution in [2.24, 2.45) is 5.84 Å². The van der Waals surface area contributed by atoms with E-state index in [0.717, 1.165) is 0 Å². The summed E-state index contributed by atoms with van der Waals surface area (Å²) in [7, 11) is 0. The maximum Gasteiger partial charge on any atom is 0.302 e. The molecule has 0 saturated heterocycles. The summed E-state index contributed by atoms with van der Waals surface area (Å²) in [5.41, 5.74) is 1.89. The number of hydrogen-bond acceptors (Lipinski definition) is 4. The Morgan fingerprint density at radius 1 is 1.55 bits per heavy atom. The minimum absolute atomic E-state index is 0.00287. The molecule has 1 heterocycles. The first-order valence-corrected chi connectivity index (χ1v) is 3.10. The van der Waals surface area contributed by atoms with Gasteiger partial charge in [-0.15, -0.1) is 0 Å². The van der Waals surface area contributed by atoms with Gasteiger partial charge in [0.05, 0.1) is 5.02 Å². The van der Waals surface area contributed by atoms with E-state index in [1.807, 2.05) is 5.43 Å². The van der Waals surface area contributed by atoms with Crippen LogP contribution in [0.5, 0.6) is 0 Å². The van der Waals surface area contributed by atoms with Crippen LogP contribution in [0.2, 0.25) is 5.02 Å². The first kappa shape index (κ1) is 7.90. The molecule has 11 heavy (non-hydrogen) atoms. The van der Waals surface area contributed by atoms with Gasteiger partial charge in [0.2, 0.25) is 5.82 Å². The van der Waals surface area contributed by atoms with Crippen LogP contribution in [0, 0.1) is 0 Å². The fourth-order valence-electron chi connectivity index (χ4n) is 0.494. The number of carbonyl (C=O) groups is 1. The van der Waals surface area contributed by atoms with Crippen LogP contribution in [0.4, 0.5) is 0 Å². The Bertz CT molecular complexity index is 260. The molecule has 3 N–H and O–H groups in total. The van der Waals surface area contributed by atoms with Crippen LogP contribution in [0.15, 0.2) is 12.4 Å². The molecule has 0 spiro atoms. The number of nitrogens with one attached hydrogen (secondary N) is 1. The second kappa shape index (κ2) is 3.27. The van der Waals surface area contributed by atoms with Gasteiger partial charge >= 0.3 is 5.91 Å². The molecule has 1 rings (SSSR count). The van der Waals surface area contributed by atoms with Crippen molar-refractivity contribution in [3.05, 3.63) is 23.2 Å². The predicted octanol–water partition coefficient (Wildman–Crippen LogP) is -0.267. The van der Waals surface area contributed by atoms with Crippen LogP contribution in [0.25, 0.3) is 0 Å². The second-order valence-corrected chi connectivity index (χ2v) is 2.13. The molecule has 1 amide bonds. The summed E-state index contributed by atoms with van der Waals surface area (Å²) < 4.78 is 0. The first-order valence-electron chi connectivity index (χ1n) is 2.72. The zero-order valence-electron chi connectivity index (χ0n) is 5.41. The summed E-state index contributed by atoms with van der Waals surface area (Å²) >= 11 is 5.47. The summed E-state index contributed by atoms with van der Waals surface area (Å²) in [6, 6.07) is 0. The molecule has 0 aromatic carbocycles. The number of hydrazine groups is 1. The molecule has 58 valence electrons. The smallest absolute Gasteiger partial charge is 0.287 e. The van der Waals surface area contributed by atoms with Crippen LogP contribution < -0.4 is 11.3 Å². The van der Waals surface area contributed by atoms with Crippen LogP contribution in [0.3, 0.4) is 0 Å². The third-order valence-corrected chi connectivity index (χ3v) is 1.15. The Morgan fingerprint density at radius 2 is 2.09 bits per heavy atom. The van der Waals surface area contributed by atoms with Gasteiger partial charge in [-0.2, -0.15) is 0 Å². The highest BCUT2D eigenvalue weighted by Crippen LogP contribution is 2.01. The Kier molecular flexibility index (Phi) is 2.35. The highest BCUT2D eigenvalue weighted by Gasteiger charge is 2.04. The molecule has 0 fully saturated rings. The number of halogens is 1. The molecule has 0 bridgehead atoms. The SMILES string of the molecule is NNC(=O)c1ncc(Cl)cn1. The van der Waals surface area contributed by atoms with Gasteiger partial charge in [0.15, 0.2) is 0 Å². The highest BCUT2D eigenvalue weighted by atomic mass is 35.5. The molecular formula is C5H5ClN4O. The minimum Gasteiger partial charge on any atom is -0.287 e. The molecular weight excluding hydrogens is 168 g/mol. The Hall–Kier alpha value is -1.20. The lowest BCUT2D eigenvalue weighted by molar-refractivity contribution is 0.0943.